The molecule has 1 rings (SSSR count). The van der Waals surface area contributed by atoms with Crippen molar-refractivity contribution in [2.45, 2.75) is 27.2 Å². The highest BCUT2D eigenvalue weighted by Crippen LogP contribution is 2.15. The lowest BCUT2D eigenvalue weighted by atomic mass is 10.0. The summed E-state index contributed by atoms with van der Waals surface area (Å²) in [5.41, 5.74) is 4.04. The van der Waals surface area contributed by atoms with E-state index in [4.69, 9.17) is 0 Å². The van der Waals surface area contributed by atoms with Crippen molar-refractivity contribution in [1.82, 2.24) is 5.32 Å². The molecule has 0 atom stereocenters. The predicted molar refractivity (Wildman–Crippen MR) is 68.0 cm³/mol. The van der Waals surface area contributed by atoms with Gasteiger partial charge in [-0.1, -0.05) is 42.8 Å². The lowest BCUT2D eigenvalue weighted by Gasteiger charge is -2.03. The molecule has 82 valence electrons. The smallest absolute Gasteiger partial charge is 0.00142 e. The lowest BCUT2D eigenvalue weighted by Crippen LogP contribution is -2.13. The summed E-state index contributed by atoms with van der Waals surface area (Å²) in [7, 11) is 0. The van der Waals surface area contributed by atoms with Crippen molar-refractivity contribution in [3.63, 3.8) is 0 Å². The Labute approximate surface area is 93.2 Å². The Kier molecular flexibility index (Phi) is 5.13. The van der Waals surface area contributed by atoms with Crippen LogP contribution in [0.2, 0.25) is 0 Å². The van der Waals surface area contributed by atoms with Crippen molar-refractivity contribution < 1.29 is 0 Å². The van der Waals surface area contributed by atoms with Gasteiger partial charge in [-0.25, -0.2) is 0 Å². The molecular weight excluding hydrogens is 182 g/mol. The molecule has 0 saturated heterocycles. The highest BCUT2D eigenvalue weighted by molar-refractivity contribution is 5.64. The van der Waals surface area contributed by atoms with E-state index in [2.05, 4.69) is 56.4 Å². The van der Waals surface area contributed by atoms with Crippen molar-refractivity contribution in [3.05, 3.63) is 41.5 Å². The minimum Gasteiger partial charge on any atom is -0.317 e. The van der Waals surface area contributed by atoms with Crippen LogP contribution in [-0.2, 0) is 0 Å². The molecule has 0 amide bonds. The zero-order chi connectivity index (χ0) is 11.1. The summed E-state index contributed by atoms with van der Waals surface area (Å²) in [5.74, 6) is 0. The van der Waals surface area contributed by atoms with E-state index in [1.165, 1.54) is 16.7 Å². The van der Waals surface area contributed by atoms with Crippen LogP contribution in [0.1, 0.15) is 31.4 Å². The minimum atomic E-state index is 1.05. The average Bonchev–Trinajstić information content (AvgIpc) is 2.24. The monoisotopic (exact) mass is 203 g/mol. The van der Waals surface area contributed by atoms with Crippen LogP contribution in [0.5, 0.6) is 0 Å². The molecule has 1 aromatic rings. The second-order valence-electron chi connectivity index (χ2n) is 3.90. The Morgan fingerprint density at radius 3 is 2.87 bits per heavy atom. The van der Waals surface area contributed by atoms with Gasteiger partial charge in [0.05, 0.1) is 0 Å². The summed E-state index contributed by atoms with van der Waals surface area (Å²) in [5, 5.41) is 3.32. The second-order valence-corrected chi connectivity index (χ2v) is 3.90. The summed E-state index contributed by atoms with van der Waals surface area (Å²) in [6.07, 6.45) is 3.41. The van der Waals surface area contributed by atoms with E-state index in [-0.39, 0.29) is 0 Å². The summed E-state index contributed by atoms with van der Waals surface area (Å²) in [6.45, 7) is 8.57. The second kappa shape index (κ2) is 6.41. The standard InChI is InChI=1S/C14H21N/c1-4-15-10-6-8-13(3)14-9-5-7-12(2)11-14/h5,7-9,11,15H,4,6,10H2,1-3H3. The number of aryl methyl sites for hydroxylation is 1. The van der Waals surface area contributed by atoms with Crippen LogP contribution in [-0.4, -0.2) is 13.1 Å². The summed E-state index contributed by atoms with van der Waals surface area (Å²) >= 11 is 0. The third-order valence-electron chi connectivity index (χ3n) is 2.50. The average molecular weight is 203 g/mol. The third-order valence-corrected chi connectivity index (χ3v) is 2.50. The number of allylic oxidation sites excluding steroid dienone is 1. The first kappa shape index (κ1) is 12.0. The van der Waals surface area contributed by atoms with E-state index in [9.17, 15) is 0 Å². The normalized spacial score (nSPS) is 11.8. The maximum atomic E-state index is 3.32. The van der Waals surface area contributed by atoms with Crippen molar-refractivity contribution in [2.24, 2.45) is 0 Å². The van der Waals surface area contributed by atoms with E-state index >= 15 is 0 Å². The molecule has 0 spiro atoms. The Morgan fingerprint density at radius 2 is 2.20 bits per heavy atom. The maximum Gasteiger partial charge on any atom is -0.00142 e. The summed E-state index contributed by atoms with van der Waals surface area (Å²) in [4.78, 5) is 0. The van der Waals surface area contributed by atoms with Gasteiger partial charge in [0.25, 0.3) is 0 Å². The van der Waals surface area contributed by atoms with E-state index in [0.717, 1.165) is 19.5 Å². The lowest BCUT2D eigenvalue weighted by molar-refractivity contribution is 0.727. The Bertz CT molecular complexity index is 326. The Balaban J connectivity index is 2.55. The van der Waals surface area contributed by atoms with Gasteiger partial charge < -0.3 is 5.32 Å². The fraction of sp³-hybridized carbons (Fsp3) is 0.429. The van der Waals surface area contributed by atoms with E-state index in [1.54, 1.807) is 0 Å². The van der Waals surface area contributed by atoms with Crippen molar-refractivity contribution in [2.75, 3.05) is 13.1 Å². The van der Waals surface area contributed by atoms with Crippen molar-refractivity contribution >= 4 is 5.57 Å². The molecule has 1 N–H and O–H groups in total. The first-order valence-electron chi connectivity index (χ1n) is 5.68. The van der Waals surface area contributed by atoms with Crippen molar-refractivity contribution in [1.29, 1.82) is 0 Å². The molecule has 0 heterocycles. The Morgan fingerprint density at radius 1 is 1.40 bits per heavy atom. The molecular formula is C14H21N. The highest BCUT2D eigenvalue weighted by Gasteiger charge is 1.94. The van der Waals surface area contributed by atoms with Crippen LogP contribution >= 0.6 is 0 Å². The van der Waals surface area contributed by atoms with Crippen LogP contribution in [0.25, 0.3) is 5.57 Å². The highest BCUT2D eigenvalue weighted by atomic mass is 14.8. The molecule has 0 aliphatic rings. The van der Waals surface area contributed by atoms with Gasteiger partial charge in [0, 0.05) is 0 Å². The molecule has 0 aliphatic carbocycles. The predicted octanol–water partition coefficient (Wildman–Crippen LogP) is 3.40. The quantitative estimate of drug-likeness (QED) is 0.723. The molecule has 0 unspecified atom stereocenters. The molecule has 1 heteroatoms. The van der Waals surface area contributed by atoms with Gasteiger partial charge in [0.2, 0.25) is 0 Å². The maximum absolute atomic E-state index is 3.32. The van der Waals surface area contributed by atoms with Crippen LogP contribution in [0, 0.1) is 6.92 Å². The number of hydrogen-bond acceptors (Lipinski definition) is 1. The number of hydrogen-bond donors (Lipinski definition) is 1. The molecule has 1 nitrogen and oxygen atoms in total. The number of rotatable bonds is 5. The van der Waals surface area contributed by atoms with Crippen LogP contribution in [0.15, 0.2) is 30.3 Å². The van der Waals surface area contributed by atoms with Crippen molar-refractivity contribution in [3.8, 4) is 0 Å². The fourth-order valence-corrected chi connectivity index (χ4v) is 1.58. The van der Waals surface area contributed by atoms with Crippen LogP contribution in [0.4, 0.5) is 0 Å². The van der Waals surface area contributed by atoms with Gasteiger partial charge in [-0.05, 0) is 44.5 Å². The van der Waals surface area contributed by atoms with E-state index in [0.29, 0.717) is 0 Å². The van der Waals surface area contributed by atoms with Gasteiger partial charge in [-0.15, -0.1) is 0 Å². The van der Waals surface area contributed by atoms with Gasteiger partial charge in [0.15, 0.2) is 0 Å². The number of nitrogens with one attached hydrogen (secondary N) is 1. The SMILES string of the molecule is CCNCCC=C(C)c1cccc(C)c1. The van der Waals surface area contributed by atoms with E-state index < -0.39 is 0 Å². The molecule has 0 aliphatic heterocycles. The molecule has 0 radical (unpaired) electrons. The topological polar surface area (TPSA) is 12.0 Å². The van der Waals surface area contributed by atoms with Gasteiger partial charge in [-0.3, -0.25) is 0 Å². The fourth-order valence-electron chi connectivity index (χ4n) is 1.58. The largest absolute Gasteiger partial charge is 0.317 e. The summed E-state index contributed by atoms with van der Waals surface area (Å²) < 4.78 is 0. The first-order valence-corrected chi connectivity index (χ1v) is 5.68. The van der Waals surface area contributed by atoms with Gasteiger partial charge >= 0.3 is 0 Å². The minimum absolute atomic E-state index is 1.05. The van der Waals surface area contributed by atoms with Crippen LogP contribution in [0.3, 0.4) is 0 Å². The third kappa shape index (κ3) is 4.30. The summed E-state index contributed by atoms with van der Waals surface area (Å²) in [6, 6.07) is 8.66. The molecule has 0 aromatic heterocycles. The number of benzene rings is 1. The van der Waals surface area contributed by atoms with E-state index in [1.807, 2.05) is 0 Å². The Hall–Kier alpha value is -1.08. The van der Waals surface area contributed by atoms with Gasteiger partial charge in [0.1, 0.15) is 0 Å². The zero-order valence-corrected chi connectivity index (χ0v) is 10.0. The molecule has 15 heavy (non-hydrogen) atoms. The molecule has 0 saturated carbocycles. The molecule has 0 fully saturated rings. The van der Waals surface area contributed by atoms with Crippen LogP contribution < -0.4 is 5.32 Å². The first-order chi connectivity index (χ1) is 7.24. The zero-order valence-electron chi connectivity index (χ0n) is 10.0. The molecule has 1 aromatic carbocycles. The van der Waals surface area contributed by atoms with Gasteiger partial charge in [-0.2, -0.15) is 0 Å². The molecule has 0 bridgehead atoms.